The van der Waals surface area contributed by atoms with Crippen LogP contribution in [0, 0.1) is 5.92 Å². The smallest absolute Gasteiger partial charge is 0.0794 e. The van der Waals surface area contributed by atoms with Crippen molar-refractivity contribution in [3.05, 3.63) is 16.6 Å². The molecule has 3 aliphatic rings. The summed E-state index contributed by atoms with van der Waals surface area (Å²) in [5, 5.41) is 3.96. The highest BCUT2D eigenvalue weighted by Crippen LogP contribution is 2.40. The van der Waals surface area contributed by atoms with Crippen LogP contribution in [0.5, 0.6) is 0 Å². The third kappa shape index (κ3) is 2.66. The Morgan fingerprint density at radius 3 is 2.85 bits per heavy atom. The predicted octanol–water partition coefficient (Wildman–Crippen LogP) is 3.03. The molecule has 2 saturated carbocycles. The van der Waals surface area contributed by atoms with Crippen LogP contribution in [0.2, 0.25) is 0 Å². The first-order valence-electron chi connectivity index (χ1n) is 8.21. The van der Waals surface area contributed by atoms with E-state index in [9.17, 15) is 0 Å². The van der Waals surface area contributed by atoms with E-state index >= 15 is 0 Å². The molecule has 0 aromatic carbocycles. The van der Waals surface area contributed by atoms with Crippen LogP contribution in [-0.2, 0) is 6.54 Å². The normalized spacial score (nSPS) is 30.7. The van der Waals surface area contributed by atoms with Crippen molar-refractivity contribution < 1.29 is 0 Å². The molecule has 1 N–H and O–H groups in total. The number of thiazole rings is 1. The first kappa shape index (κ1) is 13.2. The van der Waals surface area contributed by atoms with Crippen LogP contribution in [0.3, 0.4) is 0 Å². The maximum absolute atomic E-state index is 4.25. The molecule has 1 atom stereocenters. The third-order valence-corrected chi connectivity index (χ3v) is 6.24. The fraction of sp³-hybridized carbons (Fsp3) is 0.812. The molecule has 1 spiro atoms. The molecule has 4 rings (SSSR count). The summed E-state index contributed by atoms with van der Waals surface area (Å²) in [4.78, 5) is 8.47. The molecule has 20 heavy (non-hydrogen) atoms. The SMILES string of the molecule is c1ncc(CN2CC3(CCCCC3)NCC2C2CC2)s1. The molecule has 0 amide bonds. The average molecular weight is 291 g/mol. The van der Waals surface area contributed by atoms with Crippen molar-refractivity contribution >= 4 is 11.3 Å². The molecule has 1 aliphatic heterocycles. The number of nitrogens with zero attached hydrogens (tertiary/aromatic N) is 2. The Hall–Kier alpha value is -0.450. The topological polar surface area (TPSA) is 28.2 Å². The monoisotopic (exact) mass is 291 g/mol. The van der Waals surface area contributed by atoms with Crippen LogP contribution in [0.4, 0.5) is 0 Å². The Balaban J connectivity index is 1.50. The molecule has 2 aliphatic carbocycles. The summed E-state index contributed by atoms with van der Waals surface area (Å²) >= 11 is 1.81. The van der Waals surface area contributed by atoms with Gasteiger partial charge in [-0.15, -0.1) is 11.3 Å². The molecule has 2 heterocycles. The van der Waals surface area contributed by atoms with Crippen molar-refractivity contribution in [1.82, 2.24) is 15.2 Å². The molecule has 1 unspecified atom stereocenters. The van der Waals surface area contributed by atoms with E-state index in [2.05, 4.69) is 21.4 Å². The van der Waals surface area contributed by atoms with Gasteiger partial charge < -0.3 is 5.32 Å². The Morgan fingerprint density at radius 2 is 2.15 bits per heavy atom. The molecule has 1 aromatic rings. The summed E-state index contributed by atoms with van der Waals surface area (Å²) in [6.07, 6.45) is 12.0. The van der Waals surface area contributed by atoms with Crippen molar-refractivity contribution in [2.45, 2.75) is 63.1 Å². The van der Waals surface area contributed by atoms with Gasteiger partial charge in [0.15, 0.2) is 0 Å². The molecule has 0 bridgehead atoms. The molecular formula is C16H25N3S. The van der Waals surface area contributed by atoms with Gasteiger partial charge in [-0.1, -0.05) is 19.3 Å². The van der Waals surface area contributed by atoms with Gasteiger partial charge in [0.2, 0.25) is 0 Å². The van der Waals surface area contributed by atoms with Crippen LogP contribution < -0.4 is 5.32 Å². The van der Waals surface area contributed by atoms with E-state index in [4.69, 9.17) is 0 Å². The molecule has 4 heteroatoms. The van der Waals surface area contributed by atoms with E-state index in [1.807, 2.05) is 16.8 Å². The average Bonchev–Trinajstić information content (AvgIpc) is 3.17. The summed E-state index contributed by atoms with van der Waals surface area (Å²) in [7, 11) is 0. The van der Waals surface area contributed by atoms with E-state index in [0.29, 0.717) is 5.54 Å². The first-order valence-corrected chi connectivity index (χ1v) is 9.09. The van der Waals surface area contributed by atoms with E-state index < -0.39 is 0 Å². The Morgan fingerprint density at radius 1 is 1.30 bits per heavy atom. The highest BCUT2D eigenvalue weighted by atomic mass is 32.1. The second-order valence-corrected chi connectivity index (χ2v) is 7.97. The Kier molecular flexibility index (Phi) is 3.57. The molecule has 110 valence electrons. The second-order valence-electron chi connectivity index (χ2n) is 7.00. The summed E-state index contributed by atoms with van der Waals surface area (Å²) in [5.41, 5.74) is 2.40. The standard InChI is InChI=1S/C16H25N3S/c1-2-6-16(7-3-1)11-19(10-14-8-17-12-20-14)15(9-18-16)13-4-5-13/h8,12-13,15,18H,1-7,9-11H2. The Bertz CT molecular complexity index is 435. The van der Waals surface area contributed by atoms with Crippen molar-refractivity contribution in [3.8, 4) is 0 Å². The van der Waals surface area contributed by atoms with Crippen molar-refractivity contribution in [2.24, 2.45) is 5.92 Å². The van der Waals surface area contributed by atoms with Gasteiger partial charge in [-0.25, -0.2) is 0 Å². The predicted molar refractivity (Wildman–Crippen MR) is 82.9 cm³/mol. The Labute approximate surface area is 125 Å². The van der Waals surface area contributed by atoms with Crippen LogP contribution in [0.25, 0.3) is 0 Å². The van der Waals surface area contributed by atoms with Gasteiger partial charge in [-0.3, -0.25) is 9.88 Å². The van der Waals surface area contributed by atoms with Gasteiger partial charge in [0.25, 0.3) is 0 Å². The third-order valence-electron chi connectivity index (χ3n) is 5.48. The van der Waals surface area contributed by atoms with Crippen molar-refractivity contribution in [3.63, 3.8) is 0 Å². The lowest BCUT2D eigenvalue weighted by atomic mass is 9.79. The van der Waals surface area contributed by atoms with Gasteiger partial charge in [-0.05, 0) is 31.6 Å². The quantitative estimate of drug-likeness (QED) is 0.928. The number of rotatable bonds is 3. The molecular weight excluding hydrogens is 266 g/mol. The minimum absolute atomic E-state index is 0.425. The summed E-state index contributed by atoms with van der Waals surface area (Å²) < 4.78 is 0. The van der Waals surface area contributed by atoms with Gasteiger partial charge in [-0.2, -0.15) is 0 Å². The fourth-order valence-electron chi connectivity index (χ4n) is 4.21. The summed E-state index contributed by atoms with van der Waals surface area (Å²) in [6, 6.07) is 0.768. The minimum atomic E-state index is 0.425. The van der Waals surface area contributed by atoms with Crippen LogP contribution in [0.1, 0.15) is 49.8 Å². The number of hydrogen-bond donors (Lipinski definition) is 1. The lowest BCUT2D eigenvalue weighted by Gasteiger charge is -2.50. The maximum atomic E-state index is 4.25. The maximum Gasteiger partial charge on any atom is 0.0794 e. The van der Waals surface area contributed by atoms with Gasteiger partial charge in [0.1, 0.15) is 0 Å². The largest absolute Gasteiger partial charge is 0.308 e. The molecule has 1 saturated heterocycles. The van der Waals surface area contributed by atoms with Gasteiger partial charge in [0, 0.05) is 42.3 Å². The summed E-state index contributed by atoms with van der Waals surface area (Å²) in [6.45, 7) is 3.59. The number of hydrogen-bond acceptors (Lipinski definition) is 4. The zero-order valence-electron chi connectivity index (χ0n) is 12.2. The fourth-order valence-corrected chi connectivity index (χ4v) is 4.83. The summed E-state index contributed by atoms with van der Waals surface area (Å²) in [5.74, 6) is 0.955. The zero-order chi connectivity index (χ0) is 13.4. The lowest BCUT2D eigenvalue weighted by molar-refractivity contribution is 0.0415. The van der Waals surface area contributed by atoms with E-state index in [0.717, 1.165) is 18.5 Å². The van der Waals surface area contributed by atoms with Gasteiger partial charge >= 0.3 is 0 Å². The number of piperazine rings is 1. The number of nitrogens with one attached hydrogen (secondary N) is 1. The van der Waals surface area contributed by atoms with E-state index in [-0.39, 0.29) is 0 Å². The zero-order valence-corrected chi connectivity index (χ0v) is 13.0. The highest BCUT2D eigenvalue weighted by Gasteiger charge is 2.44. The van der Waals surface area contributed by atoms with E-state index in [1.54, 1.807) is 0 Å². The second kappa shape index (κ2) is 5.39. The first-order chi connectivity index (χ1) is 9.85. The van der Waals surface area contributed by atoms with Crippen molar-refractivity contribution in [1.29, 1.82) is 0 Å². The minimum Gasteiger partial charge on any atom is -0.308 e. The molecule has 3 nitrogen and oxygen atoms in total. The lowest BCUT2D eigenvalue weighted by Crippen LogP contribution is -2.64. The van der Waals surface area contributed by atoms with Crippen LogP contribution >= 0.6 is 11.3 Å². The van der Waals surface area contributed by atoms with Gasteiger partial charge in [0.05, 0.1) is 5.51 Å². The highest BCUT2D eigenvalue weighted by molar-refractivity contribution is 7.09. The molecule has 1 aromatic heterocycles. The molecule has 3 fully saturated rings. The van der Waals surface area contributed by atoms with Crippen LogP contribution in [-0.4, -0.2) is 34.6 Å². The molecule has 0 radical (unpaired) electrons. The number of aromatic nitrogens is 1. The van der Waals surface area contributed by atoms with Crippen LogP contribution in [0.15, 0.2) is 11.7 Å². The van der Waals surface area contributed by atoms with E-state index in [1.165, 1.54) is 62.9 Å². The van der Waals surface area contributed by atoms with Crippen molar-refractivity contribution in [2.75, 3.05) is 13.1 Å².